The summed E-state index contributed by atoms with van der Waals surface area (Å²) in [6.45, 7) is 8.59. The molecule has 0 bridgehead atoms. The maximum Gasteiger partial charge on any atom is 0.185 e. The molecule has 1 N–H and O–H groups in total. The van der Waals surface area contributed by atoms with Crippen LogP contribution < -0.4 is 10.2 Å². The third-order valence-electron chi connectivity index (χ3n) is 3.64. The highest BCUT2D eigenvalue weighted by atomic mass is 32.1. The fourth-order valence-corrected chi connectivity index (χ4v) is 3.16. The second-order valence-electron chi connectivity index (χ2n) is 5.72. The van der Waals surface area contributed by atoms with Gasteiger partial charge in [0.2, 0.25) is 0 Å². The predicted molar refractivity (Wildman–Crippen MR) is 79.4 cm³/mol. The molecule has 18 heavy (non-hydrogen) atoms. The maximum absolute atomic E-state index is 4.70. The quantitative estimate of drug-likeness (QED) is 0.858. The van der Waals surface area contributed by atoms with Crippen LogP contribution >= 0.6 is 11.3 Å². The zero-order chi connectivity index (χ0) is 13.1. The average molecular weight is 267 g/mol. The van der Waals surface area contributed by atoms with E-state index in [4.69, 9.17) is 4.98 Å². The summed E-state index contributed by atoms with van der Waals surface area (Å²) in [4.78, 5) is 8.41. The van der Waals surface area contributed by atoms with Gasteiger partial charge in [0, 0.05) is 31.1 Å². The van der Waals surface area contributed by atoms with E-state index in [9.17, 15) is 0 Å². The van der Waals surface area contributed by atoms with E-state index in [0.29, 0.717) is 6.04 Å². The fourth-order valence-electron chi connectivity index (χ4n) is 2.18. The van der Waals surface area contributed by atoms with Crippen molar-refractivity contribution in [3.63, 3.8) is 0 Å². The Kier molecular flexibility index (Phi) is 4.62. The van der Waals surface area contributed by atoms with Gasteiger partial charge in [0.1, 0.15) is 0 Å². The van der Waals surface area contributed by atoms with Gasteiger partial charge in [-0.15, -0.1) is 11.3 Å². The lowest BCUT2D eigenvalue weighted by molar-refractivity contribution is 0.321. The van der Waals surface area contributed by atoms with Gasteiger partial charge < -0.3 is 10.2 Å². The molecular formula is C14H25N3S. The molecule has 1 aromatic heterocycles. The van der Waals surface area contributed by atoms with Crippen LogP contribution in [0.15, 0.2) is 0 Å². The molecule has 1 aliphatic rings. The van der Waals surface area contributed by atoms with Gasteiger partial charge >= 0.3 is 0 Å². The Bertz CT molecular complexity index is 382. The zero-order valence-electron chi connectivity index (χ0n) is 12.0. The number of nitrogens with one attached hydrogen (secondary N) is 1. The minimum absolute atomic E-state index is 0.530. The molecule has 0 saturated heterocycles. The van der Waals surface area contributed by atoms with E-state index < -0.39 is 0 Å². The highest BCUT2D eigenvalue weighted by Crippen LogP contribution is 2.30. The van der Waals surface area contributed by atoms with Gasteiger partial charge in [-0.25, -0.2) is 4.98 Å². The Morgan fingerprint density at radius 2 is 2.17 bits per heavy atom. The molecule has 102 valence electrons. The van der Waals surface area contributed by atoms with Crippen molar-refractivity contribution in [3.05, 3.63) is 10.6 Å². The van der Waals surface area contributed by atoms with Gasteiger partial charge in [0.25, 0.3) is 0 Å². The largest absolute Gasteiger partial charge is 0.351 e. The molecule has 0 atom stereocenters. The highest BCUT2D eigenvalue weighted by molar-refractivity contribution is 7.15. The second-order valence-corrected chi connectivity index (χ2v) is 6.78. The minimum atomic E-state index is 0.530. The number of aromatic nitrogens is 1. The SMILES string of the molecule is Cc1nc(N(C)CC2CCC2)sc1CNC(C)C. The van der Waals surface area contributed by atoms with Crippen molar-refractivity contribution in [3.8, 4) is 0 Å². The Hall–Kier alpha value is -0.610. The normalized spacial score (nSPS) is 16.1. The van der Waals surface area contributed by atoms with E-state index >= 15 is 0 Å². The van der Waals surface area contributed by atoms with Crippen molar-refractivity contribution in [1.82, 2.24) is 10.3 Å². The summed E-state index contributed by atoms with van der Waals surface area (Å²) in [5.41, 5.74) is 1.18. The Labute approximate surface area is 115 Å². The van der Waals surface area contributed by atoms with E-state index in [1.54, 1.807) is 0 Å². The minimum Gasteiger partial charge on any atom is -0.351 e. The van der Waals surface area contributed by atoms with Crippen LogP contribution in [-0.4, -0.2) is 24.6 Å². The average Bonchev–Trinajstić information content (AvgIpc) is 2.62. The van der Waals surface area contributed by atoms with Crippen molar-refractivity contribution in [2.45, 2.75) is 52.6 Å². The van der Waals surface area contributed by atoms with E-state index in [1.807, 2.05) is 11.3 Å². The first-order valence-corrected chi connectivity index (χ1v) is 7.78. The topological polar surface area (TPSA) is 28.2 Å². The molecule has 1 fully saturated rings. The van der Waals surface area contributed by atoms with Gasteiger partial charge in [-0.2, -0.15) is 0 Å². The number of nitrogens with zero attached hydrogens (tertiary/aromatic N) is 2. The Balaban J connectivity index is 1.93. The lowest BCUT2D eigenvalue weighted by atomic mass is 9.85. The third-order valence-corrected chi connectivity index (χ3v) is 4.91. The fraction of sp³-hybridized carbons (Fsp3) is 0.786. The van der Waals surface area contributed by atoms with Gasteiger partial charge in [0.15, 0.2) is 5.13 Å². The van der Waals surface area contributed by atoms with Crippen LogP contribution in [-0.2, 0) is 6.54 Å². The molecule has 1 aromatic rings. The summed E-state index contributed by atoms with van der Waals surface area (Å²) in [7, 11) is 2.18. The molecule has 0 amide bonds. The molecule has 4 heteroatoms. The van der Waals surface area contributed by atoms with Crippen LogP contribution in [0.2, 0.25) is 0 Å². The van der Waals surface area contributed by atoms with Crippen molar-refractivity contribution in [1.29, 1.82) is 0 Å². The van der Waals surface area contributed by atoms with Gasteiger partial charge in [0.05, 0.1) is 5.69 Å². The molecule has 0 aliphatic heterocycles. The molecule has 1 aliphatic carbocycles. The Morgan fingerprint density at radius 1 is 1.44 bits per heavy atom. The number of hydrogen-bond acceptors (Lipinski definition) is 4. The highest BCUT2D eigenvalue weighted by Gasteiger charge is 2.21. The third kappa shape index (κ3) is 3.45. The standard InChI is InChI=1S/C14H25N3S/c1-10(2)15-8-13-11(3)16-14(18-13)17(4)9-12-6-5-7-12/h10,12,15H,5-9H2,1-4H3. The molecule has 0 spiro atoms. The first-order valence-electron chi connectivity index (χ1n) is 6.97. The molecule has 0 radical (unpaired) electrons. The number of thiazole rings is 1. The van der Waals surface area contributed by atoms with Crippen LogP contribution in [0.4, 0.5) is 5.13 Å². The van der Waals surface area contributed by atoms with Crippen molar-refractivity contribution < 1.29 is 0 Å². The molecule has 2 rings (SSSR count). The zero-order valence-corrected chi connectivity index (χ0v) is 12.8. The molecule has 0 unspecified atom stereocenters. The van der Waals surface area contributed by atoms with E-state index in [1.165, 1.54) is 41.5 Å². The smallest absolute Gasteiger partial charge is 0.185 e. The van der Waals surface area contributed by atoms with Gasteiger partial charge in [-0.1, -0.05) is 20.3 Å². The number of aryl methyl sites for hydroxylation is 1. The van der Waals surface area contributed by atoms with E-state index in [0.717, 1.165) is 12.5 Å². The van der Waals surface area contributed by atoms with E-state index in [2.05, 4.69) is 38.0 Å². The second kappa shape index (κ2) is 6.02. The van der Waals surface area contributed by atoms with Crippen LogP contribution in [0.25, 0.3) is 0 Å². The molecule has 0 aromatic carbocycles. The first kappa shape index (κ1) is 13.8. The van der Waals surface area contributed by atoms with Crippen LogP contribution in [0.1, 0.15) is 43.7 Å². The van der Waals surface area contributed by atoms with Crippen LogP contribution in [0, 0.1) is 12.8 Å². The summed E-state index contributed by atoms with van der Waals surface area (Å²) in [6, 6.07) is 0.530. The maximum atomic E-state index is 4.70. The predicted octanol–water partition coefficient (Wildman–Crippen LogP) is 3.19. The van der Waals surface area contributed by atoms with Crippen molar-refractivity contribution in [2.24, 2.45) is 5.92 Å². The first-order chi connectivity index (χ1) is 8.56. The summed E-state index contributed by atoms with van der Waals surface area (Å²) in [6.07, 6.45) is 4.21. The van der Waals surface area contributed by atoms with Crippen molar-refractivity contribution >= 4 is 16.5 Å². The molecule has 1 heterocycles. The monoisotopic (exact) mass is 267 g/mol. The van der Waals surface area contributed by atoms with Gasteiger partial charge in [-0.3, -0.25) is 0 Å². The molecular weight excluding hydrogens is 242 g/mol. The number of rotatable bonds is 6. The van der Waals surface area contributed by atoms with Crippen LogP contribution in [0.3, 0.4) is 0 Å². The molecule has 1 saturated carbocycles. The lowest BCUT2D eigenvalue weighted by Gasteiger charge is -2.29. The molecule has 3 nitrogen and oxygen atoms in total. The van der Waals surface area contributed by atoms with Crippen molar-refractivity contribution in [2.75, 3.05) is 18.5 Å². The lowest BCUT2D eigenvalue weighted by Crippen LogP contribution is -2.29. The number of anilines is 1. The summed E-state index contributed by atoms with van der Waals surface area (Å²) in [5.74, 6) is 0.899. The van der Waals surface area contributed by atoms with Gasteiger partial charge in [-0.05, 0) is 25.7 Å². The summed E-state index contributed by atoms with van der Waals surface area (Å²) >= 11 is 1.84. The Morgan fingerprint density at radius 3 is 2.72 bits per heavy atom. The number of hydrogen-bond donors (Lipinski definition) is 1. The summed E-state index contributed by atoms with van der Waals surface area (Å²) < 4.78 is 0. The van der Waals surface area contributed by atoms with Crippen LogP contribution in [0.5, 0.6) is 0 Å². The summed E-state index contributed by atoms with van der Waals surface area (Å²) in [5, 5.41) is 4.65. The van der Waals surface area contributed by atoms with E-state index in [-0.39, 0.29) is 0 Å².